The van der Waals surface area contributed by atoms with Gasteiger partial charge < -0.3 is 15.0 Å². The van der Waals surface area contributed by atoms with Crippen LogP contribution in [0.4, 0.5) is 9.80 Å². The Bertz CT molecular complexity index is 612. The molecule has 2 atom stereocenters. The number of hydrogen-bond donors (Lipinski definition) is 1. The van der Waals surface area contributed by atoms with Gasteiger partial charge in [0.1, 0.15) is 5.60 Å². The summed E-state index contributed by atoms with van der Waals surface area (Å²) in [6.07, 6.45) is -0.239. The Balaban J connectivity index is 1.43. The molecule has 1 saturated carbocycles. The molecule has 7 nitrogen and oxygen atoms in total. The van der Waals surface area contributed by atoms with Gasteiger partial charge in [0.05, 0.1) is 4.92 Å². The molecule has 0 bridgehead atoms. The number of carbonyl (C=O) groups excluding carboxylic acids is 1. The van der Waals surface area contributed by atoms with Crippen molar-refractivity contribution in [2.45, 2.75) is 39.0 Å². The van der Waals surface area contributed by atoms with Crippen molar-refractivity contribution < 1.29 is 14.5 Å². The number of nitrogens with zero attached hydrogens (tertiary/aromatic N) is 2. The van der Waals surface area contributed by atoms with E-state index in [1.54, 1.807) is 11.0 Å². The zero-order valence-electron chi connectivity index (χ0n) is 13.4. The van der Waals surface area contributed by atoms with Gasteiger partial charge in [0.25, 0.3) is 0 Å². The number of carbonyl (C=O) groups is 1. The minimum Gasteiger partial charge on any atom is -0.444 e. The number of ether oxygens (including phenoxy) is 1. The standard InChI is InChI=1S/C15H21N3O4S/c1-15(2,3)22-14(19)17-6-10-11(7-17)13(10)16-5-9-4-12(18(20)21)23-8-9/h4,8,10-11,13,16H,5-7H2,1-3H3. The molecule has 2 aliphatic rings. The van der Waals surface area contributed by atoms with Crippen LogP contribution in [0.25, 0.3) is 0 Å². The highest BCUT2D eigenvalue weighted by molar-refractivity contribution is 7.13. The zero-order chi connectivity index (χ0) is 16.8. The number of piperidine rings is 1. The molecule has 0 radical (unpaired) electrons. The molecular weight excluding hydrogens is 318 g/mol. The first-order valence-electron chi connectivity index (χ1n) is 7.68. The van der Waals surface area contributed by atoms with Gasteiger partial charge in [0, 0.05) is 37.1 Å². The smallest absolute Gasteiger partial charge is 0.410 e. The molecule has 1 amide bonds. The highest BCUT2D eigenvalue weighted by Crippen LogP contribution is 2.46. The van der Waals surface area contributed by atoms with Crippen LogP contribution in [0.1, 0.15) is 26.3 Å². The Hall–Kier alpha value is -1.67. The van der Waals surface area contributed by atoms with Gasteiger partial charge in [-0.05, 0) is 38.2 Å². The Morgan fingerprint density at radius 1 is 1.48 bits per heavy atom. The fourth-order valence-corrected chi connectivity index (χ4v) is 3.82. The summed E-state index contributed by atoms with van der Waals surface area (Å²) >= 11 is 1.15. The van der Waals surface area contributed by atoms with E-state index in [0.717, 1.165) is 30.0 Å². The van der Waals surface area contributed by atoms with Crippen molar-refractivity contribution in [3.63, 3.8) is 0 Å². The van der Waals surface area contributed by atoms with E-state index < -0.39 is 5.60 Å². The average molecular weight is 339 g/mol. The molecule has 0 spiro atoms. The van der Waals surface area contributed by atoms with Gasteiger partial charge >= 0.3 is 11.1 Å². The molecule has 1 aliphatic carbocycles. The fraction of sp³-hybridized carbons (Fsp3) is 0.667. The number of nitro groups is 1. The summed E-state index contributed by atoms with van der Waals surface area (Å²) in [6.45, 7) is 7.68. The number of amides is 1. The monoisotopic (exact) mass is 339 g/mol. The quantitative estimate of drug-likeness (QED) is 0.673. The first-order valence-corrected chi connectivity index (χ1v) is 8.55. The molecule has 1 N–H and O–H groups in total. The Kier molecular flexibility index (Phi) is 4.05. The molecule has 2 unspecified atom stereocenters. The van der Waals surface area contributed by atoms with Crippen molar-refractivity contribution in [1.29, 1.82) is 0 Å². The number of likely N-dealkylation sites (tertiary alicyclic amines) is 1. The maximum Gasteiger partial charge on any atom is 0.410 e. The lowest BCUT2D eigenvalue weighted by Gasteiger charge is -2.26. The van der Waals surface area contributed by atoms with Gasteiger partial charge in [0.15, 0.2) is 0 Å². The topological polar surface area (TPSA) is 84.7 Å². The van der Waals surface area contributed by atoms with Crippen molar-refractivity contribution in [3.8, 4) is 0 Å². The van der Waals surface area contributed by atoms with E-state index in [4.69, 9.17) is 4.74 Å². The number of nitrogens with one attached hydrogen (secondary N) is 1. The molecule has 1 aliphatic heterocycles. The third kappa shape index (κ3) is 3.64. The van der Waals surface area contributed by atoms with Crippen LogP contribution < -0.4 is 5.32 Å². The molecule has 1 saturated heterocycles. The van der Waals surface area contributed by atoms with Crippen molar-refractivity contribution in [1.82, 2.24) is 10.2 Å². The summed E-state index contributed by atoms with van der Waals surface area (Å²) in [4.78, 5) is 24.1. The maximum absolute atomic E-state index is 12.0. The predicted octanol–water partition coefficient (Wildman–Crippen LogP) is 2.61. The van der Waals surface area contributed by atoms with Crippen molar-refractivity contribution in [3.05, 3.63) is 27.1 Å². The Morgan fingerprint density at radius 2 is 2.13 bits per heavy atom. The van der Waals surface area contributed by atoms with E-state index in [1.165, 1.54) is 0 Å². The van der Waals surface area contributed by atoms with E-state index in [2.05, 4.69) is 5.32 Å². The Labute approximate surface area is 138 Å². The second-order valence-electron chi connectivity index (χ2n) is 7.17. The van der Waals surface area contributed by atoms with Crippen LogP contribution in [-0.2, 0) is 11.3 Å². The lowest BCUT2D eigenvalue weighted by molar-refractivity contribution is -0.380. The molecule has 1 aromatic heterocycles. The summed E-state index contributed by atoms with van der Waals surface area (Å²) < 4.78 is 5.38. The molecule has 8 heteroatoms. The third-order valence-electron chi connectivity index (χ3n) is 4.21. The molecule has 2 fully saturated rings. The van der Waals surface area contributed by atoms with Gasteiger partial charge in [0.2, 0.25) is 0 Å². The molecule has 2 heterocycles. The van der Waals surface area contributed by atoms with Gasteiger partial charge in [-0.25, -0.2) is 4.79 Å². The minimum absolute atomic E-state index is 0.175. The first-order chi connectivity index (χ1) is 10.7. The largest absolute Gasteiger partial charge is 0.444 e. The van der Waals surface area contributed by atoms with Gasteiger partial charge in [-0.3, -0.25) is 10.1 Å². The van der Waals surface area contributed by atoms with E-state index >= 15 is 0 Å². The summed E-state index contributed by atoms with van der Waals surface area (Å²) in [5.41, 5.74) is 0.477. The molecular formula is C15H21N3O4S. The molecule has 23 heavy (non-hydrogen) atoms. The van der Waals surface area contributed by atoms with Crippen molar-refractivity contribution >= 4 is 22.4 Å². The van der Waals surface area contributed by atoms with Crippen LogP contribution >= 0.6 is 11.3 Å². The second-order valence-corrected chi connectivity index (χ2v) is 8.06. The lowest BCUT2D eigenvalue weighted by Crippen LogP contribution is -2.39. The number of rotatable bonds is 4. The van der Waals surface area contributed by atoms with Crippen LogP contribution in [0.3, 0.4) is 0 Å². The van der Waals surface area contributed by atoms with Crippen molar-refractivity contribution in [2.75, 3.05) is 13.1 Å². The van der Waals surface area contributed by atoms with E-state index in [1.807, 2.05) is 26.2 Å². The van der Waals surface area contributed by atoms with E-state index in [0.29, 0.717) is 24.4 Å². The van der Waals surface area contributed by atoms with Gasteiger partial charge in [-0.1, -0.05) is 11.3 Å². The van der Waals surface area contributed by atoms with Crippen LogP contribution in [0.5, 0.6) is 0 Å². The predicted molar refractivity (Wildman–Crippen MR) is 86.4 cm³/mol. The summed E-state index contributed by atoms with van der Waals surface area (Å²) in [5, 5.41) is 16.1. The maximum atomic E-state index is 12.0. The zero-order valence-corrected chi connectivity index (χ0v) is 14.3. The van der Waals surface area contributed by atoms with Crippen LogP contribution in [0.15, 0.2) is 11.4 Å². The lowest BCUT2D eigenvalue weighted by atomic mass is 10.2. The minimum atomic E-state index is -0.463. The van der Waals surface area contributed by atoms with E-state index in [9.17, 15) is 14.9 Å². The van der Waals surface area contributed by atoms with Gasteiger partial charge in [-0.15, -0.1) is 0 Å². The van der Waals surface area contributed by atoms with Crippen LogP contribution in [0, 0.1) is 22.0 Å². The molecule has 1 aromatic rings. The number of fused-ring (bicyclic) bond motifs is 1. The SMILES string of the molecule is CC(C)(C)OC(=O)N1CC2C(C1)C2NCc1csc([N+](=O)[O-])c1. The second kappa shape index (κ2) is 5.76. The van der Waals surface area contributed by atoms with E-state index in [-0.39, 0.29) is 16.0 Å². The number of thiophene rings is 1. The third-order valence-corrected chi connectivity index (χ3v) is 5.14. The summed E-state index contributed by atoms with van der Waals surface area (Å²) in [7, 11) is 0. The molecule has 126 valence electrons. The fourth-order valence-electron chi connectivity index (χ4n) is 3.09. The molecule has 0 aromatic carbocycles. The summed E-state index contributed by atoms with van der Waals surface area (Å²) in [5.74, 6) is 0.937. The van der Waals surface area contributed by atoms with Crippen LogP contribution in [0.2, 0.25) is 0 Å². The van der Waals surface area contributed by atoms with Gasteiger partial charge in [-0.2, -0.15) is 0 Å². The molecule has 3 rings (SSSR count). The first kappa shape index (κ1) is 16.2. The normalized spacial score (nSPS) is 26.0. The summed E-state index contributed by atoms with van der Waals surface area (Å²) in [6, 6.07) is 2.01. The highest BCUT2D eigenvalue weighted by atomic mass is 32.1. The van der Waals surface area contributed by atoms with Crippen molar-refractivity contribution in [2.24, 2.45) is 11.8 Å². The Morgan fingerprint density at radius 3 is 2.65 bits per heavy atom. The number of hydrogen-bond acceptors (Lipinski definition) is 6. The highest BCUT2D eigenvalue weighted by Gasteiger charge is 2.56. The average Bonchev–Trinajstić information content (AvgIpc) is 2.86. The van der Waals surface area contributed by atoms with Crippen LogP contribution in [-0.4, -0.2) is 40.6 Å².